The van der Waals surface area contributed by atoms with E-state index in [-0.39, 0.29) is 30.1 Å². The molecule has 0 unspecified atom stereocenters. The predicted octanol–water partition coefficient (Wildman–Crippen LogP) is 3.03. The number of aromatic nitrogens is 2. The van der Waals surface area contributed by atoms with Crippen LogP contribution in [0.2, 0.25) is 0 Å². The van der Waals surface area contributed by atoms with Gasteiger partial charge >= 0.3 is 0 Å². The highest BCUT2D eigenvalue weighted by Gasteiger charge is 2.20. The number of nitro groups is 1. The molecule has 0 saturated heterocycles. The molecule has 0 saturated carbocycles. The van der Waals surface area contributed by atoms with E-state index in [2.05, 4.69) is 15.3 Å². The summed E-state index contributed by atoms with van der Waals surface area (Å²) in [6.07, 6.45) is 4.64. The smallest absolute Gasteiger partial charge is 0.273 e. The minimum Gasteiger partial charge on any atom is -0.496 e. The first-order chi connectivity index (χ1) is 15.0. The standard InChI is InChI=1S/C21H22N4O5S/c1-30-15-10-13(25(28)29)7-6-12(15)11-22-18(26)9-8-17-23-20(27)19-14-4-2-3-5-16(14)31-21(19)24-17/h6-7,10H,2-5,8-9,11H2,1H3,(H,22,26)(H,23,24,27). The lowest BCUT2D eigenvalue weighted by Crippen LogP contribution is -2.24. The second kappa shape index (κ2) is 8.84. The fraction of sp³-hybridized carbons (Fsp3) is 0.381. The van der Waals surface area contributed by atoms with Gasteiger partial charge in [0.1, 0.15) is 16.4 Å². The Morgan fingerprint density at radius 2 is 2.16 bits per heavy atom. The number of rotatable bonds is 7. The van der Waals surface area contributed by atoms with Gasteiger partial charge in [0.2, 0.25) is 5.91 Å². The quantitative estimate of drug-likeness (QED) is 0.428. The third-order valence-corrected chi connectivity index (χ3v) is 6.61. The number of amides is 1. The maximum absolute atomic E-state index is 12.6. The molecule has 162 valence electrons. The highest BCUT2D eigenvalue weighted by atomic mass is 32.1. The molecule has 0 bridgehead atoms. The number of H-pyrrole nitrogens is 1. The van der Waals surface area contributed by atoms with E-state index in [1.165, 1.54) is 24.1 Å². The van der Waals surface area contributed by atoms with Crippen molar-refractivity contribution in [3.63, 3.8) is 0 Å². The van der Waals surface area contributed by atoms with Crippen molar-refractivity contribution in [1.82, 2.24) is 15.3 Å². The summed E-state index contributed by atoms with van der Waals surface area (Å²) in [5, 5.41) is 14.4. The first-order valence-corrected chi connectivity index (χ1v) is 10.9. The topological polar surface area (TPSA) is 127 Å². The molecule has 0 radical (unpaired) electrons. The zero-order chi connectivity index (χ0) is 22.0. The van der Waals surface area contributed by atoms with Crippen LogP contribution in [-0.2, 0) is 30.6 Å². The molecule has 1 amide bonds. The van der Waals surface area contributed by atoms with Gasteiger partial charge in [0.05, 0.1) is 23.5 Å². The number of nitrogens with one attached hydrogen (secondary N) is 2. The fourth-order valence-electron chi connectivity index (χ4n) is 3.83. The molecule has 9 nitrogen and oxygen atoms in total. The molecule has 3 aromatic rings. The van der Waals surface area contributed by atoms with Gasteiger partial charge in [-0.1, -0.05) is 0 Å². The fourth-order valence-corrected chi connectivity index (χ4v) is 5.11. The highest BCUT2D eigenvalue weighted by Crippen LogP contribution is 2.33. The number of thiophene rings is 1. The molecule has 1 aliphatic rings. The number of nitro benzene ring substituents is 1. The van der Waals surface area contributed by atoms with Crippen molar-refractivity contribution < 1.29 is 14.5 Å². The van der Waals surface area contributed by atoms with E-state index in [0.29, 0.717) is 28.9 Å². The summed E-state index contributed by atoms with van der Waals surface area (Å²) in [5.74, 6) is 0.625. The number of ether oxygens (including phenoxy) is 1. The third kappa shape index (κ3) is 4.43. The van der Waals surface area contributed by atoms with Crippen LogP contribution in [0.1, 0.15) is 41.1 Å². The number of hydrogen-bond donors (Lipinski definition) is 2. The molecular weight excluding hydrogens is 420 g/mol. The average Bonchev–Trinajstić information content (AvgIpc) is 3.14. The number of carbonyl (C=O) groups excluding carboxylic acids is 1. The van der Waals surface area contributed by atoms with E-state index in [1.807, 2.05) is 0 Å². The van der Waals surface area contributed by atoms with Gasteiger partial charge in [0.15, 0.2) is 0 Å². The van der Waals surface area contributed by atoms with Gasteiger partial charge in [-0.15, -0.1) is 11.3 Å². The van der Waals surface area contributed by atoms with Gasteiger partial charge in [0, 0.05) is 35.9 Å². The van der Waals surface area contributed by atoms with Crippen molar-refractivity contribution >= 4 is 33.1 Å². The third-order valence-electron chi connectivity index (χ3n) is 5.42. The molecule has 31 heavy (non-hydrogen) atoms. The Bertz CT molecular complexity index is 1220. The second-order valence-corrected chi connectivity index (χ2v) is 8.52. The molecule has 0 fully saturated rings. The summed E-state index contributed by atoms with van der Waals surface area (Å²) in [5.41, 5.74) is 1.57. The Kier molecular flexibility index (Phi) is 5.99. The zero-order valence-corrected chi connectivity index (χ0v) is 17.8. The van der Waals surface area contributed by atoms with E-state index in [4.69, 9.17) is 4.74 Å². The van der Waals surface area contributed by atoms with Gasteiger partial charge in [-0.3, -0.25) is 19.7 Å². The summed E-state index contributed by atoms with van der Waals surface area (Å²) < 4.78 is 5.18. The number of nitrogens with zero attached hydrogens (tertiary/aromatic N) is 2. The summed E-state index contributed by atoms with van der Waals surface area (Å²) in [7, 11) is 1.42. The van der Waals surface area contributed by atoms with Crippen molar-refractivity contribution in [2.75, 3.05) is 7.11 Å². The van der Waals surface area contributed by atoms with Crippen molar-refractivity contribution in [1.29, 1.82) is 0 Å². The molecule has 1 aromatic carbocycles. The Morgan fingerprint density at radius 3 is 2.94 bits per heavy atom. The van der Waals surface area contributed by atoms with Gasteiger partial charge in [-0.2, -0.15) is 0 Å². The highest BCUT2D eigenvalue weighted by molar-refractivity contribution is 7.18. The lowest BCUT2D eigenvalue weighted by molar-refractivity contribution is -0.384. The second-order valence-electron chi connectivity index (χ2n) is 7.43. The monoisotopic (exact) mass is 442 g/mol. The summed E-state index contributed by atoms with van der Waals surface area (Å²) in [6, 6.07) is 4.25. The molecule has 2 N–H and O–H groups in total. The summed E-state index contributed by atoms with van der Waals surface area (Å²) in [6.45, 7) is 0.181. The molecule has 0 aliphatic heterocycles. The van der Waals surface area contributed by atoms with Gasteiger partial charge in [-0.25, -0.2) is 4.98 Å². The van der Waals surface area contributed by atoms with Crippen molar-refractivity contribution in [3.05, 3.63) is 60.5 Å². The van der Waals surface area contributed by atoms with Crippen LogP contribution in [-0.4, -0.2) is 27.9 Å². The Balaban J connectivity index is 1.39. The zero-order valence-electron chi connectivity index (χ0n) is 17.0. The van der Waals surface area contributed by atoms with E-state index < -0.39 is 4.92 Å². The summed E-state index contributed by atoms with van der Waals surface area (Å²) >= 11 is 1.58. The van der Waals surface area contributed by atoms with E-state index in [0.717, 1.165) is 36.1 Å². The number of non-ortho nitro benzene ring substituents is 1. The number of aromatic amines is 1. The van der Waals surface area contributed by atoms with Gasteiger partial charge in [0.25, 0.3) is 11.2 Å². The number of benzene rings is 1. The molecule has 10 heteroatoms. The normalized spacial score (nSPS) is 13.1. The molecule has 0 atom stereocenters. The van der Waals surface area contributed by atoms with Crippen LogP contribution in [0.15, 0.2) is 23.0 Å². The van der Waals surface area contributed by atoms with Crippen molar-refractivity contribution in [2.24, 2.45) is 0 Å². The van der Waals surface area contributed by atoms with Crippen LogP contribution in [0, 0.1) is 10.1 Å². The predicted molar refractivity (Wildman–Crippen MR) is 117 cm³/mol. The summed E-state index contributed by atoms with van der Waals surface area (Å²) in [4.78, 5) is 44.7. The molecule has 1 aliphatic carbocycles. The van der Waals surface area contributed by atoms with E-state index in [9.17, 15) is 19.7 Å². The van der Waals surface area contributed by atoms with Crippen LogP contribution >= 0.6 is 11.3 Å². The molecule has 4 rings (SSSR count). The maximum atomic E-state index is 12.6. The average molecular weight is 442 g/mol. The van der Waals surface area contributed by atoms with Crippen molar-refractivity contribution in [2.45, 2.75) is 45.1 Å². The SMILES string of the molecule is COc1cc([N+](=O)[O-])ccc1CNC(=O)CCc1nc2sc3c(c2c(=O)[nH]1)CCCC3. The minimum atomic E-state index is -0.501. The van der Waals surface area contributed by atoms with Crippen molar-refractivity contribution in [3.8, 4) is 5.75 Å². The molecule has 0 spiro atoms. The molecular formula is C21H22N4O5S. The lowest BCUT2D eigenvalue weighted by Gasteiger charge is -2.10. The van der Waals surface area contributed by atoms with Crippen LogP contribution < -0.4 is 15.6 Å². The van der Waals surface area contributed by atoms with Crippen LogP contribution in [0.3, 0.4) is 0 Å². The Hall–Kier alpha value is -3.27. The number of methoxy groups -OCH3 is 1. The Morgan fingerprint density at radius 1 is 1.35 bits per heavy atom. The first-order valence-electron chi connectivity index (χ1n) is 10.1. The van der Waals surface area contributed by atoms with Crippen LogP contribution in [0.4, 0.5) is 5.69 Å². The van der Waals surface area contributed by atoms with E-state index in [1.54, 1.807) is 17.4 Å². The minimum absolute atomic E-state index is 0.0763. The van der Waals surface area contributed by atoms with E-state index >= 15 is 0 Å². The Labute approximate surface area is 181 Å². The number of aryl methyl sites for hydroxylation is 3. The van der Waals surface area contributed by atoms with Gasteiger partial charge in [-0.05, 0) is 37.3 Å². The molecule has 2 heterocycles. The van der Waals surface area contributed by atoms with Crippen LogP contribution in [0.5, 0.6) is 5.75 Å². The van der Waals surface area contributed by atoms with Gasteiger partial charge < -0.3 is 15.0 Å². The number of hydrogen-bond acceptors (Lipinski definition) is 7. The molecule has 2 aromatic heterocycles. The largest absolute Gasteiger partial charge is 0.496 e. The maximum Gasteiger partial charge on any atom is 0.273 e. The first kappa shape index (κ1) is 21.0. The lowest BCUT2D eigenvalue weighted by atomic mass is 9.97. The van der Waals surface area contributed by atoms with Crippen LogP contribution in [0.25, 0.3) is 10.2 Å². The number of fused-ring (bicyclic) bond motifs is 3. The number of carbonyl (C=O) groups is 1.